The van der Waals surface area contributed by atoms with E-state index in [9.17, 15) is 4.79 Å². The van der Waals surface area contributed by atoms with Crippen LogP contribution in [0.25, 0.3) is 0 Å². The molecule has 0 aliphatic carbocycles. The Morgan fingerprint density at radius 3 is 2.73 bits per heavy atom. The lowest BCUT2D eigenvalue weighted by atomic mass is 9.81. The normalized spacial score (nSPS) is 14.6. The van der Waals surface area contributed by atoms with Gasteiger partial charge in [0.2, 0.25) is 0 Å². The van der Waals surface area contributed by atoms with Crippen LogP contribution >= 0.6 is 11.8 Å². The molecule has 1 heterocycles. The van der Waals surface area contributed by atoms with Crippen molar-refractivity contribution in [3.05, 3.63) is 58.7 Å². The molecular weight excluding hydrogens is 342 g/mol. The lowest BCUT2D eigenvalue weighted by Gasteiger charge is -2.32. The second-order valence-electron chi connectivity index (χ2n) is 6.95. The van der Waals surface area contributed by atoms with Crippen LogP contribution < -0.4 is 5.32 Å². The molecule has 3 rings (SSSR count). The summed E-state index contributed by atoms with van der Waals surface area (Å²) in [5.41, 5.74) is 4.76. The highest BCUT2D eigenvalue weighted by Crippen LogP contribution is 2.41. The van der Waals surface area contributed by atoms with Gasteiger partial charge in [-0.3, -0.25) is 0 Å². The Kier molecular flexibility index (Phi) is 5.29. The number of nitrogens with one attached hydrogen (secondary N) is 1. The monoisotopic (exact) mass is 365 g/mol. The van der Waals surface area contributed by atoms with E-state index in [0.717, 1.165) is 16.8 Å². The lowest BCUT2D eigenvalue weighted by molar-refractivity contribution is 0.0601. The first kappa shape index (κ1) is 18.4. The van der Waals surface area contributed by atoms with Crippen LogP contribution in [0.4, 0.5) is 5.69 Å². The standard InChI is InChI=1S/C22H23NO2S/c1-22(2)11-12-26-20-10-6-15(13-18(20)22)5-7-16-8-9-17(21(24)25-4)14-19(16)23-3/h6,8-10,13-14,23H,11-12H2,1-4H3. The SMILES string of the molecule is CNc1cc(C(=O)OC)ccc1C#Cc1ccc2c(c1)C(C)(C)CCS2. The molecule has 0 aromatic heterocycles. The van der Waals surface area contributed by atoms with Gasteiger partial charge in [-0.15, -0.1) is 11.8 Å². The van der Waals surface area contributed by atoms with Crippen LogP contribution in [0.3, 0.4) is 0 Å². The highest BCUT2D eigenvalue weighted by atomic mass is 32.2. The molecule has 134 valence electrons. The predicted molar refractivity (Wildman–Crippen MR) is 108 cm³/mol. The number of ether oxygens (including phenoxy) is 1. The minimum Gasteiger partial charge on any atom is -0.465 e. The Balaban J connectivity index is 1.94. The minimum absolute atomic E-state index is 0.191. The molecule has 0 atom stereocenters. The summed E-state index contributed by atoms with van der Waals surface area (Å²) in [4.78, 5) is 13.0. The van der Waals surface area contributed by atoms with Crippen molar-refractivity contribution in [2.24, 2.45) is 0 Å². The van der Waals surface area contributed by atoms with Crippen molar-refractivity contribution >= 4 is 23.4 Å². The number of hydrogen-bond donors (Lipinski definition) is 1. The average molecular weight is 365 g/mol. The summed E-state index contributed by atoms with van der Waals surface area (Å²) < 4.78 is 4.77. The maximum absolute atomic E-state index is 11.7. The second-order valence-corrected chi connectivity index (χ2v) is 8.08. The number of thioether (sulfide) groups is 1. The van der Waals surface area contributed by atoms with Crippen molar-refractivity contribution in [1.29, 1.82) is 0 Å². The van der Waals surface area contributed by atoms with E-state index < -0.39 is 0 Å². The van der Waals surface area contributed by atoms with E-state index in [1.165, 1.54) is 29.7 Å². The summed E-state index contributed by atoms with van der Waals surface area (Å²) in [6.45, 7) is 4.60. The van der Waals surface area contributed by atoms with Crippen LogP contribution in [0.2, 0.25) is 0 Å². The average Bonchev–Trinajstić information content (AvgIpc) is 2.65. The van der Waals surface area contributed by atoms with Crippen molar-refractivity contribution < 1.29 is 9.53 Å². The number of carbonyl (C=O) groups excluding carboxylic acids is 1. The van der Waals surface area contributed by atoms with Crippen LogP contribution in [0.15, 0.2) is 41.3 Å². The third-order valence-electron chi connectivity index (χ3n) is 4.74. The molecule has 26 heavy (non-hydrogen) atoms. The first-order chi connectivity index (χ1) is 12.4. The van der Waals surface area contributed by atoms with E-state index in [2.05, 4.69) is 49.2 Å². The zero-order chi connectivity index (χ0) is 18.7. The van der Waals surface area contributed by atoms with E-state index in [4.69, 9.17) is 4.74 Å². The molecule has 2 aromatic rings. The topological polar surface area (TPSA) is 38.3 Å². The molecule has 0 unspecified atom stereocenters. The van der Waals surface area contributed by atoms with E-state index >= 15 is 0 Å². The molecule has 1 N–H and O–H groups in total. The molecule has 1 aliphatic heterocycles. The smallest absolute Gasteiger partial charge is 0.337 e. The van der Waals surface area contributed by atoms with Gasteiger partial charge in [0.15, 0.2) is 0 Å². The fourth-order valence-electron chi connectivity index (χ4n) is 3.06. The van der Waals surface area contributed by atoms with E-state index in [-0.39, 0.29) is 11.4 Å². The van der Waals surface area contributed by atoms with Gasteiger partial charge >= 0.3 is 5.97 Å². The lowest BCUT2D eigenvalue weighted by Crippen LogP contribution is -2.22. The van der Waals surface area contributed by atoms with E-state index in [1.807, 2.05) is 24.9 Å². The Hall–Kier alpha value is -2.38. The predicted octanol–water partition coefficient (Wildman–Crippen LogP) is 4.69. The molecule has 2 aromatic carbocycles. The number of anilines is 1. The number of benzene rings is 2. The summed E-state index contributed by atoms with van der Waals surface area (Å²) in [6, 6.07) is 11.8. The molecule has 0 saturated carbocycles. The zero-order valence-corrected chi connectivity index (χ0v) is 16.4. The fourth-order valence-corrected chi connectivity index (χ4v) is 4.54. The largest absolute Gasteiger partial charge is 0.465 e. The molecule has 4 heteroatoms. The summed E-state index contributed by atoms with van der Waals surface area (Å²) in [6.07, 6.45) is 1.18. The van der Waals surface area contributed by atoms with Gasteiger partial charge in [-0.2, -0.15) is 0 Å². The molecular formula is C22H23NO2S. The van der Waals surface area contributed by atoms with Gasteiger partial charge in [0, 0.05) is 23.1 Å². The molecule has 0 fully saturated rings. The van der Waals surface area contributed by atoms with Crippen molar-refractivity contribution in [2.45, 2.75) is 30.6 Å². The van der Waals surface area contributed by atoms with Gasteiger partial charge in [-0.25, -0.2) is 4.79 Å². The van der Waals surface area contributed by atoms with Gasteiger partial charge < -0.3 is 10.1 Å². The number of rotatable bonds is 2. The van der Waals surface area contributed by atoms with Gasteiger partial charge in [-0.1, -0.05) is 25.7 Å². The number of carbonyl (C=O) groups is 1. The number of hydrogen-bond acceptors (Lipinski definition) is 4. The molecule has 0 radical (unpaired) electrons. The molecule has 0 amide bonds. The van der Waals surface area contributed by atoms with Gasteiger partial charge in [-0.05, 0) is 59.6 Å². The third kappa shape index (κ3) is 3.73. The highest BCUT2D eigenvalue weighted by Gasteiger charge is 2.27. The Morgan fingerprint density at radius 1 is 1.19 bits per heavy atom. The van der Waals surface area contributed by atoms with E-state index in [0.29, 0.717) is 5.56 Å². The Labute approximate surface area is 159 Å². The molecule has 1 aliphatic rings. The maximum atomic E-state index is 11.7. The van der Waals surface area contributed by atoms with Crippen LogP contribution in [0, 0.1) is 11.8 Å². The second kappa shape index (κ2) is 7.47. The van der Waals surface area contributed by atoms with Crippen LogP contribution in [-0.2, 0) is 10.2 Å². The van der Waals surface area contributed by atoms with Crippen LogP contribution in [-0.4, -0.2) is 25.9 Å². The van der Waals surface area contributed by atoms with Crippen molar-refractivity contribution in [2.75, 3.05) is 25.2 Å². The molecule has 0 saturated heterocycles. The van der Waals surface area contributed by atoms with Gasteiger partial charge in [0.25, 0.3) is 0 Å². The van der Waals surface area contributed by atoms with Crippen molar-refractivity contribution in [3.63, 3.8) is 0 Å². The summed E-state index contributed by atoms with van der Waals surface area (Å²) >= 11 is 1.92. The molecule has 3 nitrogen and oxygen atoms in total. The third-order valence-corrected chi connectivity index (χ3v) is 5.82. The number of fused-ring (bicyclic) bond motifs is 1. The van der Waals surface area contributed by atoms with Gasteiger partial charge in [0.1, 0.15) is 0 Å². The number of esters is 1. The Bertz CT molecular complexity index is 906. The first-order valence-electron chi connectivity index (χ1n) is 8.64. The molecule has 0 bridgehead atoms. The van der Waals surface area contributed by atoms with Crippen molar-refractivity contribution in [1.82, 2.24) is 0 Å². The van der Waals surface area contributed by atoms with Crippen LogP contribution in [0.5, 0.6) is 0 Å². The quantitative estimate of drug-likeness (QED) is 0.619. The highest BCUT2D eigenvalue weighted by molar-refractivity contribution is 7.99. The minimum atomic E-state index is -0.351. The first-order valence-corrected chi connectivity index (χ1v) is 9.62. The fraction of sp³-hybridized carbons (Fsp3) is 0.318. The summed E-state index contributed by atoms with van der Waals surface area (Å²) in [5.74, 6) is 7.32. The van der Waals surface area contributed by atoms with Crippen molar-refractivity contribution in [3.8, 4) is 11.8 Å². The molecule has 0 spiro atoms. The van der Waals surface area contributed by atoms with Crippen LogP contribution in [0.1, 0.15) is 47.3 Å². The summed E-state index contributed by atoms with van der Waals surface area (Å²) in [5, 5.41) is 3.10. The Morgan fingerprint density at radius 2 is 2.00 bits per heavy atom. The maximum Gasteiger partial charge on any atom is 0.337 e. The zero-order valence-electron chi connectivity index (χ0n) is 15.6. The number of methoxy groups -OCH3 is 1. The summed E-state index contributed by atoms with van der Waals surface area (Å²) in [7, 11) is 3.20. The van der Waals surface area contributed by atoms with E-state index in [1.54, 1.807) is 12.1 Å². The van der Waals surface area contributed by atoms with Gasteiger partial charge in [0.05, 0.1) is 18.4 Å².